The molecule has 1 aliphatic rings. The van der Waals surface area contributed by atoms with Crippen molar-refractivity contribution in [2.45, 2.75) is 35.7 Å². The second-order valence-electron chi connectivity index (χ2n) is 4.96. The first-order valence-corrected chi connectivity index (χ1v) is 8.39. The maximum Gasteiger partial charge on any atom is 0.446 e. The van der Waals surface area contributed by atoms with E-state index in [0.717, 1.165) is 24.9 Å². The predicted molar refractivity (Wildman–Crippen MR) is 82.0 cm³/mol. The fourth-order valence-electron chi connectivity index (χ4n) is 2.59. The number of alkyl halides is 3. The standard InChI is InChI=1S/C15H14F3NS2/c16-15(17,18)21-11-6-4-10(5-7-11)19-13-2-1-3-14-12(13)8-9-20-14/h4-9,13,19H,1-3H2. The maximum atomic E-state index is 12.3. The van der Waals surface area contributed by atoms with Crippen LogP contribution in [0.1, 0.15) is 29.3 Å². The summed E-state index contributed by atoms with van der Waals surface area (Å²) in [5.41, 5.74) is -2.03. The lowest BCUT2D eigenvalue weighted by atomic mass is 9.94. The zero-order valence-electron chi connectivity index (χ0n) is 11.1. The molecule has 1 atom stereocenters. The van der Waals surface area contributed by atoms with Crippen molar-refractivity contribution in [1.82, 2.24) is 0 Å². The number of fused-ring (bicyclic) bond motifs is 1. The molecule has 6 heteroatoms. The molecule has 1 heterocycles. The van der Waals surface area contributed by atoms with E-state index in [0.29, 0.717) is 0 Å². The first-order chi connectivity index (χ1) is 10.0. The van der Waals surface area contributed by atoms with E-state index in [1.54, 1.807) is 23.5 Å². The molecule has 0 bridgehead atoms. The molecule has 21 heavy (non-hydrogen) atoms. The normalized spacial score (nSPS) is 18.3. The Bertz CT molecular complexity index is 604. The van der Waals surface area contributed by atoms with E-state index in [4.69, 9.17) is 0 Å². The van der Waals surface area contributed by atoms with Gasteiger partial charge in [0, 0.05) is 15.5 Å². The molecule has 1 N–H and O–H groups in total. The van der Waals surface area contributed by atoms with E-state index in [1.807, 2.05) is 0 Å². The molecule has 0 fully saturated rings. The van der Waals surface area contributed by atoms with Crippen LogP contribution >= 0.6 is 23.1 Å². The summed E-state index contributed by atoms with van der Waals surface area (Å²) in [6.07, 6.45) is 3.34. The summed E-state index contributed by atoms with van der Waals surface area (Å²) in [7, 11) is 0. The van der Waals surface area contributed by atoms with Crippen LogP contribution in [0.2, 0.25) is 0 Å². The molecular formula is C15H14F3NS2. The van der Waals surface area contributed by atoms with Crippen LogP contribution in [0.4, 0.5) is 18.9 Å². The topological polar surface area (TPSA) is 12.0 Å². The Kier molecular flexibility index (Phi) is 4.17. The van der Waals surface area contributed by atoms with Crippen LogP contribution in [0.25, 0.3) is 0 Å². The van der Waals surface area contributed by atoms with Crippen LogP contribution in [0.5, 0.6) is 0 Å². The Morgan fingerprint density at radius 2 is 1.90 bits per heavy atom. The van der Waals surface area contributed by atoms with Crippen LogP contribution in [0.15, 0.2) is 40.6 Å². The molecule has 112 valence electrons. The highest BCUT2D eigenvalue weighted by Crippen LogP contribution is 2.38. The first kappa shape index (κ1) is 14.8. The van der Waals surface area contributed by atoms with Crippen LogP contribution < -0.4 is 5.32 Å². The van der Waals surface area contributed by atoms with Gasteiger partial charge in [-0.25, -0.2) is 0 Å². The summed E-state index contributed by atoms with van der Waals surface area (Å²) in [6, 6.07) is 8.87. The molecule has 0 saturated carbocycles. The second kappa shape index (κ2) is 5.93. The summed E-state index contributed by atoms with van der Waals surface area (Å²) in [5, 5.41) is 5.53. The van der Waals surface area contributed by atoms with Crippen molar-refractivity contribution < 1.29 is 13.2 Å². The largest absolute Gasteiger partial charge is 0.446 e. The molecule has 0 radical (unpaired) electrons. The van der Waals surface area contributed by atoms with Crippen LogP contribution in [-0.2, 0) is 6.42 Å². The summed E-state index contributed by atoms with van der Waals surface area (Å²) in [5.74, 6) is 0. The number of hydrogen-bond donors (Lipinski definition) is 1. The lowest BCUT2D eigenvalue weighted by Gasteiger charge is -2.24. The zero-order valence-corrected chi connectivity index (χ0v) is 12.7. The van der Waals surface area contributed by atoms with Crippen molar-refractivity contribution in [3.63, 3.8) is 0 Å². The number of aryl methyl sites for hydroxylation is 1. The molecule has 1 unspecified atom stereocenters. The predicted octanol–water partition coefficient (Wildman–Crippen LogP) is 5.85. The number of thioether (sulfide) groups is 1. The van der Waals surface area contributed by atoms with Crippen molar-refractivity contribution >= 4 is 28.8 Å². The molecule has 1 nitrogen and oxygen atoms in total. The van der Waals surface area contributed by atoms with Gasteiger partial charge in [0.05, 0.1) is 6.04 Å². The van der Waals surface area contributed by atoms with Gasteiger partial charge in [-0.1, -0.05) is 0 Å². The second-order valence-corrected chi connectivity index (χ2v) is 7.10. The number of benzene rings is 1. The molecular weight excluding hydrogens is 315 g/mol. The Morgan fingerprint density at radius 1 is 1.14 bits per heavy atom. The van der Waals surface area contributed by atoms with Crippen LogP contribution in [-0.4, -0.2) is 5.51 Å². The molecule has 2 aromatic rings. The minimum Gasteiger partial charge on any atom is -0.378 e. The summed E-state index contributed by atoms with van der Waals surface area (Å²) < 4.78 is 36.9. The van der Waals surface area contributed by atoms with E-state index < -0.39 is 5.51 Å². The Balaban J connectivity index is 1.69. The Labute approximate surface area is 129 Å². The quantitative estimate of drug-likeness (QED) is 0.709. The Hall–Kier alpha value is -1.14. The van der Waals surface area contributed by atoms with E-state index >= 15 is 0 Å². The van der Waals surface area contributed by atoms with Crippen LogP contribution in [0.3, 0.4) is 0 Å². The van der Waals surface area contributed by atoms with Crippen molar-refractivity contribution in [1.29, 1.82) is 0 Å². The first-order valence-electron chi connectivity index (χ1n) is 6.70. The molecule has 3 rings (SSSR count). The van der Waals surface area contributed by atoms with Gasteiger partial charge < -0.3 is 5.32 Å². The van der Waals surface area contributed by atoms with E-state index in [2.05, 4.69) is 16.8 Å². The van der Waals surface area contributed by atoms with Crippen molar-refractivity contribution in [2.75, 3.05) is 5.32 Å². The molecule has 1 aromatic carbocycles. The van der Waals surface area contributed by atoms with Crippen molar-refractivity contribution in [3.05, 3.63) is 46.2 Å². The molecule has 0 amide bonds. The lowest BCUT2D eigenvalue weighted by Crippen LogP contribution is -2.15. The van der Waals surface area contributed by atoms with Gasteiger partial charge in [-0.15, -0.1) is 11.3 Å². The average molecular weight is 329 g/mol. The fraction of sp³-hybridized carbons (Fsp3) is 0.333. The molecule has 1 aromatic heterocycles. The fourth-order valence-corrected chi connectivity index (χ4v) is 4.12. The smallest absolute Gasteiger partial charge is 0.378 e. The monoisotopic (exact) mass is 329 g/mol. The lowest BCUT2D eigenvalue weighted by molar-refractivity contribution is -0.0328. The number of anilines is 1. The number of halogens is 3. The maximum absolute atomic E-state index is 12.3. The van der Waals surface area contributed by atoms with Gasteiger partial charge in [-0.2, -0.15) is 13.2 Å². The van der Waals surface area contributed by atoms with Gasteiger partial charge in [-0.3, -0.25) is 0 Å². The molecule has 0 aliphatic heterocycles. The summed E-state index contributed by atoms with van der Waals surface area (Å²) in [4.78, 5) is 1.64. The van der Waals surface area contributed by atoms with Gasteiger partial charge >= 0.3 is 5.51 Å². The third kappa shape index (κ3) is 3.74. The summed E-state index contributed by atoms with van der Waals surface area (Å²) in [6.45, 7) is 0. The highest BCUT2D eigenvalue weighted by Gasteiger charge is 2.29. The third-order valence-electron chi connectivity index (χ3n) is 3.48. The molecule has 0 spiro atoms. The number of thiophene rings is 1. The van der Waals surface area contributed by atoms with Crippen LogP contribution in [0, 0.1) is 0 Å². The van der Waals surface area contributed by atoms with Crippen molar-refractivity contribution in [2.24, 2.45) is 0 Å². The van der Waals surface area contributed by atoms with E-state index in [1.165, 1.54) is 22.6 Å². The SMILES string of the molecule is FC(F)(F)Sc1ccc(NC2CCCc3sccc32)cc1. The summed E-state index contributed by atoms with van der Waals surface area (Å²) >= 11 is 1.70. The average Bonchev–Trinajstić information content (AvgIpc) is 2.89. The van der Waals surface area contributed by atoms with Crippen molar-refractivity contribution in [3.8, 4) is 0 Å². The van der Waals surface area contributed by atoms with Gasteiger partial charge in [0.15, 0.2) is 0 Å². The minimum absolute atomic E-state index is 0.0806. The minimum atomic E-state index is -4.23. The van der Waals surface area contributed by atoms with E-state index in [9.17, 15) is 13.2 Å². The number of nitrogens with one attached hydrogen (secondary N) is 1. The molecule has 0 saturated heterocycles. The van der Waals surface area contributed by atoms with Gasteiger partial charge in [0.1, 0.15) is 0 Å². The third-order valence-corrected chi connectivity index (χ3v) is 5.22. The van der Waals surface area contributed by atoms with Gasteiger partial charge in [0.25, 0.3) is 0 Å². The number of rotatable bonds is 3. The Morgan fingerprint density at radius 3 is 2.62 bits per heavy atom. The highest BCUT2D eigenvalue weighted by atomic mass is 32.2. The molecule has 1 aliphatic carbocycles. The van der Waals surface area contributed by atoms with Gasteiger partial charge in [-0.05, 0) is 72.3 Å². The highest BCUT2D eigenvalue weighted by molar-refractivity contribution is 8.00. The van der Waals surface area contributed by atoms with E-state index in [-0.39, 0.29) is 22.7 Å². The zero-order chi connectivity index (χ0) is 14.9. The van der Waals surface area contributed by atoms with Gasteiger partial charge in [0.2, 0.25) is 0 Å². The number of hydrogen-bond acceptors (Lipinski definition) is 3.